The van der Waals surface area contributed by atoms with Crippen molar-refractivity contribution in [2.45, 2.75) is 6.54 Å². The number of hydrogen-bond donors (Lipinski definition) is 2. The number of nitrogens with zero attached hydrogens (tertiary/aromatic N) is 1. The van der Waals surface area contributed by atoms with Gasteiger partial charge in [-0.05, 0) is 42.0 Å². The predicted molar refractivity (Wildman–Crippen MR) is 98.5 cm³/mol. The highest BCUT2D eigenvalue weighted by molar-refractivity contribution is 6.34. The lowest BCUT2D eigenvalue weighted by Crippen LogP contribution is -2.24. The number of hydrogen-bond acceptors (Lipinski definition) is 4. The lowest BCUT2D eigenvalue weighted by atomic mass is 10.2. The molecule has 0 aliphatic heterocycles. The summed E-state index contributed by atoms with van der Waals surface area (Å²) >= 11 is 11.7. The molecular weight excluding hydrogens is 377 g/mol. The maximum Gasteiger partial charge on any atom is 0.291 e. The van der Waals surface area contributed by atoms with E-state index >= 15 is 0 Å². The highest BCUT2D eigenvalue weighted by Crippen LogP contribution is 2.17. The van der Waals surface area contributed by atoms with Gasteiger partial charge in [0.05, 0.1) is 11.3 Å². The van der Waals surface area contributed by atoms with Crippen molar-refractivity contribution in [3.05, 3.63) is 82.0 Å². The Morgan fingerprint density at radius 3 is 2.46 bits per heavy atom. The summed E-state index contributed by atoms with van der Waals surface area (Å²) in [5.41, 5.74) is 1.52. The van der Waals surface area contributed by atoms with Crippen LogP contribution in [0.5, 0.6) is 0 Å². The van der Waals surface area contributed by atoms with Crippen molar-refractivity contribution in [1.82, 2.24) is 10.3 Å². The smallest absolute Gasteiger partial charge is 0.291 e. The molecule has 0 unspecified atom stereocenters. The number of rotatable bonds is 5. The van der Waals surface area contributed by atoms with E-state index in [2.05, 4.69) is 15.6 Å². The zero-order chi connectivity index (χ0) is 18.5. The molecule has 3 rings (SSSR count). The maximum atomic E-state index is 12.2. The molecule has 1 aromatic carbocycles. The predicted octanol–water partition coefficient (Wildman–Crippen LogP) is 4.16. The van der Waals surface area contributed by atoms with Gasteiger partial charge in [0.25, 0.3) is 11.8 Å². The highest BCUT2D eigenvalue weighted by Gasteiger charge is 2.13. The van der Waals surface area contributed by atoms with Crippen LogP contribution < -0.4 is 10.6 Å². The lowest BCUT2D eigenvalue weighted by Gasteiger charge is -2.08. The van der Waals surface area contributed by atoms with Gasteiger partial charge in [0.2, 0.25) is 0 Å². The zero-order valence-corrected chi connectivity index (χ0v) is 14.8. The molecule has 0 saturated carbocycles. The molecule has 26 heavy (non-hydrogen) atoms. The largest absolute Gasteiger partial charge is 0.459 e. The Labute approximate surface area is 159 Å². The van der Waals surface area contributed by atoms with Crippen LogP contribution in [0.3, 0.4) is 0 Å². The molecule has 0 radical (unpaired) electrons. The van der Waals surface area contributed by atoms with E-state index in [9.17, 15) is 9.59 Å². The quantitative estimate of drug-likeness (QED) is 0.641. The Morgan fingerprint density at radius 1 is 1.00 bits per heavy atom. The van der Waals surface area contributed by atoms with Crippen LogP contribution in [0.15, 0.2) is 59.2 Å². The summed E-state index contributed by atoms with van der Waals surface area (Å²) in [6, 6.07) is 13.3. The van der Waals surface area contributed by atoms with Crippen molar-refractivity contribution >= 4 is 40.7 Å². The Bertz CT molecular complexity index is 925. The average Bonchev–Trinajstić information content (AvgIpc) is 3.18. The Hall–Kier alpha value is -2.83. The fraction of sp³-hybridized carbons (Fsp3) is 0.0556. The standard InChI is InChI=1S/C18H13Cl2N3O3/c19-13-7-8-15(20)23-16(13)18(25)21-10-11-3-5-12(6-4-11)22-17(24)14-2-1-9-26-14/h1-9H,10H2,(H,21,25)(H,22,24). The molecule has 0 spiro atoms. The molecule has 2 N–H and O–H groups in total. The van der Waals surface area contributed by atoms with Gasteiger partial charge in [-0.15, -0.1) is 0 Å². The van der Waals surface area contributed by atoms with Crippen molar-refractivity contribution in [3.8, 4) is 0 Å². The van der Waals surface area contributed by atoms with Crippen LogP contribution in [-0.4, -0.2) is 16.8 Å². The number of furan rings is 1. The van der Waals surface area contributed by atoms with Gasteiger partial charge in [0, 0.05) is 12.2 Å². The van der Waals surface area contributed by atoms with Crippen LogP contribution in [0.25, 0.3) is 0 Å². The van der Waals surface area contributed by atoms with E-state index < -0.39 is 5.91 Å². The van der Waals surface area contributed by atoms with E-state index in [1.165, 1.54) is 18.4 Å². The summed E-state index contributed by atoms with van der Waals surface area (Å²) in [5, 5.41) is 5.85. The van der Waals surface area contributed by atoms with Gasteiger partial charge in [-0.2, -0.15) is 0 Å². The lowest BCUT2D eigenvalue weighted by molar-refractivity contribution is 0.0945. The summed E-state index contributed by atoms with van der Waals surface area (Å²) in [5.74, 6) is -0.530. The number of halogens is 2. The first-order valence-electron chi connectivity index (χ1n) is 7.57. The molecule has 0 saturated heterocycles. The molecule has 3 aromatic rings. The molecule has 2 heterocycles. The summed E-state index contributed by atoms with van der Waals surface area (Å²) in [6.45, 7) is 0.274. The van der Waals surface area contributed by atoms with E-state index in [1.807, 2.05) is 0 Å². The van der Waals surface area contributed by atoms with Crippen molar-refractivity contribution in [2.24, 2.45) is 0 Å². The van der Waals surface area contributed by atoms with Crippen LogP contribution in [-0.2, 0) is 6.54 Å². The third-order valence-corrected chi connectivity index (χ3v) is 3.95. The van der Waals surface area contributed by atoms with Gasteiger partial charge < -0.3 is 15.1 Å². The first-order valence-corrected chi connectivity index (χ1v) is 8.32. The first-order chi connectivity index (χ1) is 12.5. The number of nitrogens with one attached hydrogen (secondary N) is 2. The molecule has 132 valence electrons. The first kappa shape index (κ1) is 18.0. The Morgan fingerprint density at radius 2 is 1.77 bits per heavy atom. The van der Waals surface area contributed by atoms with E-state index in [0.29, 0.717) is 5.69 Å². The van der Waals surface area contributed by atoms with Gasteiger partial charge in [-0.1, -0.05) is 35.3 Å². The SMILES string of the molecule is O=C(Nc1ccc(CNC(=O)c2nc(Cl)ccc2Cl)cc1)c1ccco1. The van der Waals surface area contributed by atoms with Gasteiger partial charge in [-0.25, -0.2) is 4.98 Å². The third kappa shape index (κ3) is 4.41. The molecule has 8 heteroatoms. The number of anilines is 1. The number of carbonyl (C=O) groups is 2. The third-order valence-electron chi connectivity index (χ3n) is 3.44. The minimum atomic E-state index is -0.423. The highest BCUT2D eigenvalue weighted by atomic mass is 35.5. The summed E-state index contributed by atoms with van der Waals surface area (Å²) < 4.78 is 5.03. The normalized spacial score (nSPS) is 10.4. The van der Waals surface area contributed by atoms with Gasteiger partial charge in [0.15, 0.2) is 5.76 Å². The van der Waals surface area contributed by atoms with E-state index in [-0.39, 0.29) is 34.1 Å². The van der Waals surface area contributed by atoms with E-state index in [1.54, 1.807) is 36.4 Å². The minimum Gasteiger partial charge on any atom is -0.459 e. The number of amides is 2. The Kier molecular flexibility index (Phi) is 5.55. The second-order valence-electron chi connectivity index (χ2n) is 5.28. The molecular formula is C18H13Cl2N3O3. The molecule has 0 atom stereocenters. The summed E-state index contributed by atoms with van der Waals surface area (Å²) in [6.07, 6.45) is 1.43. The van der Waals surface area contributed by atoms with Crippen LogP contribution in [0, 0.1) is 0 Å². The molecule has 0 aliphatic carbocycles. The minimum absolute atomic E-state index is 0.0708. The van der Waals surface area contributed by atoms with Crippen LogP contribution in [0.4, 0.5) is 5.69 Å². The number of aromatic nitrogens is 1. The fourth-order valence-corrected chi connectivity index (χ4v) is 2.49. The van der Waals surface area contributed by atoms with Crippen molar-refractivity contribution in [2.75, 3.05) is 5.32 Å². The van der Waals surface area contributed by atoms with Crippen molar-refractivity contribution in [3.63, 3.8) is 0 Å². The van der Waals surface area contributed by atoms with Gasteiger partial charge in [0.1, 0.15) is 10.8 Å². The average molecular weight is 390 g/mol. The molecule has 0 aliphatic rings. The molecule has 2 aromatic heterocycles. The fourth-order valence-electron chi connectivity index (χ4n) is 2.15. The summed E-state index contributed by atoms with van der Waals surface area (Å²) in [7, 11) is 0. The zero-order valence-electron chi connectivity index (χ0n) is 13.3. The van der Waals surface area contributed by atoms with Crippen LogP contribution in [0.2, 0.25) is 10.2 Å². The topological polar surface area (TPSA) is 84.2 Å². The molecule has 0 fully saturated rings. The number of pyridine rings is 1. The molecule has 6 nitrogen and oxygen atoms in total. The van der Waals surface area contributed by atoms with Gasteiger partial charge >= 0.3 is 0 Å². The summed E-state index contributed by atoms with van der Waals surface area (Å²) in [4.78, 5) is 28.0. The molecule has 2 amide bonds. The molecule has 0 bridgehead atoms. The maximum absolute atomic E-state index is 12.2. The van der Waals surface area contributed by atoms with Crippen LogP contribution >= 0.6 is 23.2 Å². The van der Waals surface area contributed by atoms with E-state index in [0.717, 1.165) is 5.56 Å². The van der Waals surface area contributed by atoms with Crippen LogP contribution in [0.1, 0.15) is 26.6 Å². The number of carbonyl (C=O) groups excluding carboxylic acids is 2. The second-order valence-corrected chi connectivity index (χ2v) is 6.07. The Balaban J connectivity index is 1.58. The van der Waals surface area contributed by atoms with Crippen molar-refractivity contribution in [1.29, 1.82) is 0 Å². The monoisotopic (exact) mass is 389 g/mol. The van der Waals surface area contributed by atoms with E-state index in [4.69, 9.17) is 27.6 Å². The number of benzene rings is 1. The van der Waals surface area contributed by atoms with Gasteiger partial charge in [-0.3, -0.25) is 9.59 Å². The second kappa shape index (κ2) is 8.03. The van der Waals surface area contributed by atoms with Crippen molar-refractivity contribution < 1.29 is 14.0 Å².